The second-order valence-electron chi connectivity index (χ2n) is 7.81. The molecular formula is C20H20F3N3O5. The van der Waals surface area contributed by atoms with Gasteiger partial charge in [0.1, 0.15) is 11.5 Å². The predicted octanol–water partition coefficient (Wildman–Crippen LogP) is 2.52. The maximum Gasteiger partial charge on any atom is 0.511 e. The molecule has 8 nitrogen and oxygen atoms in total. The van der Waals surface area contributed by atoms with Gasteiger partial charge >= 0.3 is 6.16 Å². The lowest BCUT2D eigenvalue weighted by atomic mass is 10.1. The average molecular weight is 439 g/mol. The van der Waals surface area contributed by atoms with Crippen LogP contribution in [0.1, 0.15) is 25.8 Å². The van der Waals surface area contributed by atoms with Crippen LogP contribution in [0.25, 0.3) is 10.9 Å². The number of benzene rings is 1. The predicted molar refractivity (Wildman–Crippen MR) is 104 cm³/mol. The molecule has 2 aromatic rings. The lowest BCUT2D eigenvalue weighted by Gasteiger charge is -2.36. The Hall–Kier alpha value is -3.08. The van der Waals surface area contributed by atoms with Gasteiger partial charge in [-0.25, -0.2) is 18.0 Å². The fourth-order valence-electron chi connectivity index (χ4n) is 3.99. The second kappa shape index (κ2) is 7.88. The number of anilines is 1. The van der Waals surface area contributed by atoms with Crippen LogP contribution in [-0.2, 0) is 4.79 Å². The zero-order chi connectivity index (χ0) is 22.4. The fraction of sp³-hybridized carbons (Fsp3) is 0.450. The standard InChI is InChI=1S/C20H20F3N3O5/c1-10(27)8-24-4-6-25(7-5-24)18-15(22)14(21)13-17(16(18)23)26(11-2-3-11)9-12(19(13)28)31-20(29)30/h9,11H,2-8H2,1H3,(H,29,30). The van der Waals surface area contributed by atoms with Crippen molar-refractivity contribution in [3.63, 3.8) is 0 Å². The summed E-state index contributed by atoms with van der Waals surface area (Å²) >= 11 is 0. The third kappa shape index (κ3) is 3.85. The zero-order valence-corrected chi connectivity index (χ0v) is 16.7. The SMILES string of the molecule is CC(=O)CN1CCN(c2c(F)c(F)c3c(=O)c(OC(=O)O)cn(C4CC4)c3c2F)CC1. The molecule has 31 heavy (non-hydrogen) atoms. The lowest BCUT2D eigenvalue weighted by molar-refractivity contribution is -0.118. The van der Waals surface area contributed by atoms with Crippen LogP contribution in [-0.4, -0.2) is 59.2 Å². The van der Waals surface area contributed by atoms with Crippen molar-refractivity contribution in [2.24, 2.45) is 0 Å². The molecule has 1 aromatic heterocycles. The summed E-state index contributed by atoms with van der Waals surface area (Å²) in [4.78, 5) is 38.0. The van der Waals surface area contributed by atoms with Crippen LogP contribution in [0.3, 0.4) is 0 Å². The number of hydrogen-bond donors (Lipinski definition) is 1. The van der Waals surface area contributed by atoms with E-state index >= 15 is 8.78 Å². The van der Waals surface area contributed by atoms with E-state index in [1.165, 1.54) is 16.4 Å². The Balaban J connectivity index is 1.84. The molecule has 4 rings (SSSR count). The Morgan fingerprint density at radius 3 is 2.29 bits per heavy atom. The van der Waals surface area contributed by atoms with Crippen LogP contribution in [0.15, 0.2) is 11.0 Å². The lowest BCUT2D eigenvalue weighted by Crippen LogP contribution is -2.48. The normalized spacial score (nSPS) is 17.2. The molecule has 0 bridgehead atoms. The minimum atomic E-state index is -1.79. The van der Waals surface area contributed by atoms with Crippen molar-refractivity contribution in [1.82, 2.24) is 9.47 Å². The van der Waals surface area contributed by atoms with Gasteiger partial charge in [-0.3, -0.25) is 14.5 Å². The number of carbonyl (C=O) groups excluding carboxylic acids is 1. The molecule has 166 valence electrons. The van der Waals surface area contributed by atoms with Gasteiger partial charge in [0.05, 0.1) is 23.6 Å². The van der Waals surface area contributed by atoms with Gasteiger partial charge in [-0.1, -0.05) is 0 Å². The maximum absolute atomic E-state index is 15.6. The number of carboxylic acid groups (broad SMARTS) is 1. The quantitative estimate of drug-likeness (QED) is 0.565. The number of aromatic nitrogens is 1. The third-order valence-corrected chi connectivity index (χ3v) is 5.51. The summed E-state index contributed by atoms with van der Waals surface area (Å²) in [5.41, 5.74) is -2.22. The first-order valence-corrected chi connectivity index (χ1v) is 9.81. The topological polar surface area (TPSA) is 92.1 Å². The smallest absolute Gasteiger partial charge is 0.449 e. The minimum absolute atomic E-state index is 0.0320. The summed E-state index contributed by atoms with van der Waals surface area (Å²) in [7, 11) is 0. The van der Waals surface area contributed by atoms with E-state index < -0.39 is 51.4 Å². The van der Waals surface area contributed by atoms with E-state index in [-0.39, 0.29) is 31.5 Å². The van der Waals surface area contributed by atoms with Gasteiger partial charge in [-0.05, 0) is 19.8 Å². The Morgan fingerprint density at radius 2 is 1.74 bits per heavy atom. The first-order chi connectivity index (χ1) is 14.7. The molecule has 1 N–H and O–H groups in total. The Labute approximate surface area is 174 Å². The first-order valence-electron chi connectivity index (χ1n) is 9.81. The van der Waals surface area contributed by atoms with Crippen LogP contribution in [0.4, 0.5) is 23.7 Å². The van der Waals surface area contributed by atoms with Gasteiger partial charge in [0.2, 0.25) is 5.43 Å². The summed E-state index contributed by atoms with van der Waals surface area (Å²) in [5, 5.41) is 7.96. The summed E-state index contributed by atoms with van der Waals surface area (Å²) in [5.74, 6) is -4.89. The summed E-state index contributed by atoms with van der Waals surface area (Å²) in [6.07, 6.45) is 0.468. The number of ether oxygens (including phenoxy) is 1. The molecule has 1 aliphatic heterocycles. The molecule has 0 unspecified atom stereocenters. The van der Waals surface area contributed by atoms with Crippen LogP contribution in [0.5, 0.6) is 5.75 Å². The number of rotatable bonds is 5. The van der Waals surface area contributed by atoms with Crippen LogP contribution >= 0.6 is 0 Å². The number of ketones is 1. The van der Waals surface area contributed by atoms with Gasteiger partial charge in [0.25, 0.3) is 0 Å². The molecule has 0 spiro atoms. The van der Waals surface area contributed by atoms with E-state index in [9.17, 15) is 18.8 Å². The Morgan fingerprint density at radius 1 is 1.10 bits per heavy atom. The third-order valence-electron chi connectivity index (χ3n) is 5.51. The van der Waals surface area contributed by atoms with Crippen molar-refractivity contribution in [3.8, 4) is 5.75 Å². The summed E-state index contributed by atoms with van der Waals surface area (Å²) in [6, 6.07) is -0.279. The number of halogens is 3. The number of nitrogens with zero attached hydrogens (tertiary/aromatic N) is 3. The van der Waals surface area contributed by atoms with Gasteiger partial charge in [-0.2, -0.15) is 0 Å². The van der Waals surface area contributed by atoms with Crippen LogP contribution < -0.4 is 15.1 Å². The molecule has 1 aromatic carbocycles. The number of piperazine rings is 1. The highest BCUT2D eigenvalue weighted by Crippen LogP contribution is 2.41. The molecule has 1 aliphatic carbocycles. The van der Waals surface area contributed by atoms with Crippen molar-refractivity contribution in [3.05, 3.63) is 33.9 Å². The molecular weight excluding hydrogens is 419 g/mol. The summed E-state index contributed by atoms with van der Waals surface area (Å²) in [6.45, 7) is 2.72. The van der Waals surface area contributed by atoms with Crippen molar-refractivity contribution in [1.29, 1.82) is 0 Å². The van der Waals surface area contributed by atoms with E-state index in [1.54, 1.807) is 0 Å². The van der Waals surface area contributed by atoms with E-state index in [0.717, 1.165) is 6.20 Å². The zero-order valence-electron chi connectivity index (χ0n) is 16.7. The molecule has 1 saturated carbocycles. The Kier molecular flexibility index (Phi) is 5.38. The van der Waals surface area contributed by atoms with E-state index in [1.807, 2.05) is 4.90 Å². The van der Waals surface area contributed by atoms with Gasteiger partial charge in [0.15, 0.2) is 23.2 Å². The number of fused-ring (bicyclic) bond motifs is 1. The van der Waals surface area contributed by atoms with Crippen molar-refractivity contribution in [2.45, 2.75) is 25.8 Å². The van der Waals surface area contributed by atoms with Gasteiger partial charge < -0.3 is 19.3 Å². The minimum Gasteiger partial charge on any atom is -0.449 e. The number of hydrogen-bond acceptors (Lipinski definition) is 6. The highest BCUT2D eigenvalue weighted by Gasteiger charge is 2.34. The van der Waals surface area contributed by atoms with E-state index in [0.29, 0.717) is 25.9 Å². The average Bonchev–Trinajstić information content (AvgIpc) is 3.53. The fourth-order valence-corrected chi connectivity index (χ4v) is 3.99. The van der Waals surface area contributed by atoms with Crippen molar-refractivity contribution in [2.75, 3.05) is 37.6 Å². The molecule has 0 atom stereocenters. The molecule has 2 fully saturated rings. The van der Waals surface area contributed by atoms with Crippen LogP contribution in [0, 0.1) is 17.5 Å². The van der Waals surface area contributed by atoms with Crippen molar-refractivity contribution < 1.29 is 32.6 Å². The van der Waals surface area contributed by atoms with E-state index in [4.69, 9.17) is 5.11 Å². The summed E-state index contributed by atoms with van der Waals surface area (Å²) < 4.78 is 51.3. The van der Waals surface area contributed by atoms with Gasteiger partial charge in [-0.15, -0.1) is 0 Å². The van der Waals surface area contributed by atoms with Gasteiger partial charge in [0, 0.05) is 32.2 Å². The van der Waals surface area contributed by atoms with Crippen molar-refractivity contribution >= 4 is 28.5 Å². The van der Waals surface area contributed by atoms with Crippen LogP contribution in [0.2, 0.25) is 0 Å². The molecule has 1 saturated heterocycles. The molecule has 0 amide bonds. The highest BCUT2D eigenvalue weighted by atomic mass is 19.2. The molecule has 2 heterocycles. The number of Topliss-reactive ketones (excluding diaryl/α,β-unsaturated/α-hetero) is 1. The first kappa shape index (κ1) is 21.2. The largest absolute Gasteiger partial charge is 0.511 e. The highest BCUT2D eigenvalue weighted by molar-refractivity contribution is 5.86. The molecule has 0 radical (unpaired) electrons. The molecule has 11 heteroatoms. The Bertz CT molecular complexity index is 1140. The monoisotopic (exact) mass is 439 g/mol. The number of carbonyl (C=O) groups is 2. The second-order valence-corrected chi connectivity index (χ2v) is 7.81. The van der Waals surface area contributed by atoms with E-state index in [2.05, 4.69) is 4.74 Å². The number of pyridine rings is 1. The maximum atomic E-state index is 15.6. The molecule has 2 aliphatic rings.